The number of rotatable bonds is 4. The second-order valence-electron chi connectivity index (χ2n) is 1.18. The fraction of sp³-hybridized carbons (Fsp3) is 0.333. The van der Waals surface area contributed by atoms with Gasteiger partial charge in [-0.1, -0.05) is 6.58 Å². The Morgan fingerprint density at radius 2 is 2.50 bits per heavy atom. The Morgan fingerprint density at radius 3 is 2.88 bits per heavy atom. The van der Waals surface area contributed by atoms with E-state index in [4.69, 9.17) is 0 Å². The standard InChI is InChI=1S/C6H9O2/c1-3-6(7)5-8-4-2/h3,5H,1,4H2,2H3. The molecule has 0 saturated heterocycles. The van der Waals surface area contributed by atoms with Crippen molar-refractivity contribution in [3.63, 3.8) is 0 Å². The normalized spacial score (nSPS) is 8.62. The highest BCUT2D eigenvalue weighted by atomic mass is 16.5. The minimum Gasteiger partial charge on any atom is -0.367 e. The number of ether oxygens (including phenoxy) is 1. The van der Waals surface area contributed by atoms with Crippen LogP contribution in [0.2, 0.25) is 0 Å². The molecule has 45 valence electrons. The smallest absolute Gasteiger partial charge is 0.186 e. The molecule has 0 rings (SSSR count). The van der Waals surface area contributed by atoms with Crippen LogP contribution in [0.3, 0.4) is 0 Å². The molecule has 0 spiro atoms. The molecule has 0 saturated carbocycles. The molecule has 8 heavy (non-hydrogen) atoms. The van der Waals surface area contributed by atoms with Gasteiger partial charge in [-0.15, -0.1) is 0 Å². The summed E-state index contributed by atoms with van der Waals surface area (Å²) in [5.41, 5.74) is 0. The van der Waals surface area contributed by atoms with E-state index >= 15 is 0 Å². The first kappa shape index (κ1) is 7.37. The first-order valence-electron chi connectivity index (χ1n) is 2.42. The number of hydrogen-bond donors (Lipinski definition) is 0. The van der Waals surface area contributed by atoms with Gasteiger partial charge in [0.2, 0.25) is 0 Å². The SMILES string of the molecule is C=CC(=O)[CH]OCC. The van der Waals surface area contributed by atoms with Crippen LogP contribution < -0.4 is 0 Å². The molecule has 0 heterocycles. The third-order valence-electron chi connectivity index (χ3n) is 0.567. The molecular formula is C6H9O2. The quantitative estimate of drug-likeness (QED) is 0.507. The molecular weight excluding hydrogens is 104 g/mol. The summed E-state index contributed by atoms with van der Waals surface area (Å²) in [5, 5.41) is 0. The molecule has 0 aromatic rings. The number of carbonyl (C=O) groups is 1. The van der Waals surface area contributed by atoms with Crippen molar-refractivity contribution in [2.75, 3.05) is 6.61 Å². The van der Waals surface area contributed by atoms with Crippen LogP contribution in [0.1, 0.15) is 6.92 Å². The van der Waals surface area contributed by atoms with E-state index in [1.165, 1.54) is 6.08 Å². The molecule has 0 fully saturated rings. The lowest BCUT2D eigenvalue weighted by Gasteiger charge is -1.91. The molecule has 0 atom stereocenters. The molecule has 0 unspecified atom stereocenters. The lowest BCUT2D eigenvalue weighted by Crippen LogP contribution is -1.96. The molecule has 2 heteroatoms. The monoisotopic (exact) mass is 113 g/mol. The van der Waals surface area contributed by atoms with Gasteiger partial charge in [0.1, 0.15) is 0 Å². The second-order valence-corrected chi connectivity index (χ2v) is 1.18. The lowest BCUT2D eigenvalue weighted by atomic mass is 10.4. The topological polar surface area (TPSA) is 26.3 Å². The van der Waals surface area contributed by atoms with E-state index in [0.29, 0.717) is 6.61 Å². The van der Waals surface area contributed by atoms with Crippen LogP contribution in [-0.2, 0) is 9.53 Å². The van der Waals surface area contributed by atoms with Crippen molar-refractivity contribution in [2.45, 2.75) is 6.92 Å². The van der Waals surface area contributed by atoms with E-state index in [1.807, 2.05) is 6.92 Å². The van der Waals surface area contributed by atoms with Crippen molar-refractivity contribution < 1.29 is 9.53 Å². The molecule has 0 aliphatic carbocycles. The van der Waals surface area contributed by atoms with E-state index < -0.39 is 0 Å². The summed E-state index contributed by atoms with van der Waals surface area (Å²) in [6, 6.07) is 0. The van der Waals surface area contributed by atoms with Gasteiger partial charge in [0, 0.05) is 6.61 Å². The predicted octanol–water partition coefficient (Wildman–Crippen LogP) is 0.940. The van der Waals surface area contributed by atoms with E-state index in [-0.39, 0.29) is 5.78 Å². The molecule has 0 amide bonds. The Kier molecular flexibility index (Phi) is 4.17. The highest BCUT2D eigenvalue weighted by Crippen LogP contribution is 1.82. The highest BCUT2D eigenvalue weighted by molar-refractivity contribution is 5.94. The molecule has 0 bridgehead atoms. The van der Waals surface area contributed by atoms with Crippen LogP contribution in [0.15, 0.2) is 12.7 Å². The molecule has 0 N–H and O–H groups in total. The zero-order valence-electron chi connectivity index (χ0n) is 4.89. The molecule has 1 radical (unpaired) electrons. The van der Waals surface area contributed by atoms with Crippen molar-refractivity contribution in [3.05, 3.63) is 19.3 Å². The van der Waals surface area contributed by atoms with Gasteiger partial charge < -0.3 is 4.74 Å². The Bertz CT molecular complexity index is 86.5. The van der Waals surface area contributed by atoms with Crippen molar-refractivity contribution in [1.82, 2.24) is 0 Å². The van der Waals surface area contributed by atoms with Gasteiger partial charge in [-0.25, -0.2) is 0 Å². The first-order valence-corrected chi connectivity index (χ1v) is 2.42. The van der Waals surface area contributed by atoms with Crippen LogP contribution in [0.25, 0.3) is 0 Å². The Balaban J connectivity index is 3.11. The maximum absolute atomic E-state index is 10.3. The minimum absolute atomic E-state index is 0.188. The van der Waals surface area contributed by atoms with Crippen molar-refractivity contribution in [1.29, 1.82) is 0 Å². The fourth-order valence-corrected chi connectivity index (χ4v) is 0.214. The summed E-state index contributed by atoms with van der Waals surface area (Å²) in [6.45, 7) is 6.74. The van der Waals surface area contributed by atoms with Gasteiger partial charge >= 0.3 is 0 Å². The van der Waals surface area contributed by atoms with Crippen LogP contribution in [-0.4, -0.2) is 12.4 Å². The average Bonchev–Trinajstić information content (AvgIpc) is 1.83. The molecule has 2 nitrogen and oxygen atoms in total. The summed E-state index contributed by atoms with van der Waals surface area (Å²) >= 11 is 0. The van der Waals surface area contributed by atoms with Crippen LogP contribution >= 0.6 is 0 Å². The largest absolute Gasteiger partial charge is 0.367 e. The first-order chi connectivity index (χ1) is 3.81. The average molecular weight is 113 g/mol. The van der Waals surface area contributed by atoms with Crippen molar-refractivity contribution in [3.8, 4) is 0 Å². The molecule has 0 aromatic carbocycles. The van der Waals surface area contributed by atoms with Gasteiger partial charge in [-0.2, -0.15) is 0 Å². The van der Waals surface area contributed by atoms with Crippen molar-refractivity contribution >= 4 is 5.78 Å². The number of hydrogen-bond acceptors (Lipinski definition) is 2. The maximum Gasteiger partial charge on any atom is 0.186 e. The van der Waals surface area contributed by atoms with Gasteiger partial charge in [-0.05, 0) is 13.0 Å². The third kappa shape index (κ3) is 3.56. The number of carbonyl (C=O) groups excluding carboxylic acids is 1. The van der Waals surface area contributed by atoms with E-state index in [0.717, 1.165) is 6.61 Å². The van der Waals surface area contributed by atoms with Crippen LogP contribution in [0, 0.1) is 6.61 Å². The van der Waals surface area contributed by atoms with Crippen molar-refractivity contribution in [2.24, 2.45) is 0 Å². The maximum atomic E-state index is 10.3. The fourth-order valence-electron chi connectivity index (χ4n) is 0.214. The summed E-state index contributed by atoms with van der Waals surface area (Å²) < 4.78 is 4.64. The number of ketones is 1. The van der Waals surface area contributed by atoms with E-state index in [9.17, 15) is 4.79 Å². The summed E-state index contributed by atoms with van der Waals surface area (Å²) in [5.74, 6) is -0.188. The summed E-state index contributed by atoms with van der Waals surface area (Å²) in [6.07, 6.45) is 1.20. The molecule has 0 aromatic heterocycles. The predicted molar refractivity (Wildman–Crippen MR) is 31.1 cm³/mol. The van der Waals surface area contributed by atoms with Gasteiger partial charge in [0.05, 0.1) is 0 Å². The Morgan fingerprint density at radius 1 is 1.88 bits per heavy atom. The Labute approximate surface area is 49.1 Å². The second kappa shape index (κ2) is 4.53. The van der Waals surface area contributed by atoms with Gasteiger partial charge in [-0.3, -0.25) is 4.79 Å². The summed E-state index contributed by atoms with van der Waals surface area (Å²) in [7, 11) is 0. The van der Waals surface area contributed by atoms with E-state index in [1.54, 1.807) is 0 Å². The zero-order valence-corrected chi connectivity index (χ0v) is 4.89. The van der Waals surface area contributed by atoms with Gasteiger partial charge in [0.15, 0.2) is 12.4 Å². The zero-order chi connectivity index (χ0) is 6.41. The highest BCUT2D eigenvalue weighted by Gasteiger charge is 1.91. The Hall–Kier alpha value is -0.630. The lowest BCUT2D eigenvalue weighted by molar-refractivity contribution is -0.115. The van der Waals surface area contributed by atoms with Crippen LogP contribution in [0.5, 0.6) is 0 Å². The van der Waals surface area contributed by atoms with Crippen LogP contribution in [0.4, 0.5) is 0 Å². The molecule has 0 aliphatic heterocycles. The minimum atomic E-state index is -0.188. The third-order valence-corrected chi connectivity index (χ3v) is 0.567. The van der Waals surface area contributed by atoms with E-state index in [2.05, 4.69) is 11.3 Å². The van der Waals surface area contributed by atoms with Gasteiger partial charge in [0.25, 0.3) is 0 Å². The molecule has 0 aliphatic rings. The summed E-state index contributed by atoms with van der Waals surface area (Å²) in [4.78, 5) is 10.3.